The molecule has 0 radical (unpaired) electrons. The number of fused-ring (bicyclic) bond motifs is 1. The molecule has 106 valence electrons. The van der Waals surface area contributed by atoms with E-state index in [1.54, 1.807) is 6.92 Å². The van der Waals surface area contributed by atoms with Gasteiger partial charge in [0, 0.05) is 16.6 Å². The molecule has 0 spiro atoms. The van der Waals surface area contributed by atoms with Gasteiger partial charge in [0.2, 0.25) is 0 Å². The van der Waals surface area contributed by atoms with Gasteiger partial charge in [-0.2, -0.15) is 0 Å². The van der Waals surface area contributed by atoms with Crippen LogP contribution in [0.1, 0.15) is 11.8 Å². The number of carbonyl (C=O) groups is 2. The summed E-state index contributed by atoms with van der Waals surface area (Å²) in [5.41, 5.74) is -1.21. The Bertz CT molecular complexity index is 616. The van der Waals surface area contributed by atoms with E-state index in [4.69, 9.17) is 0 Å². The highest BCUT2D eigenvalue weighted by Crippen LogP contribution is 2.32. The number of nitrogens with one attached hydrogen (secondary N) is 2. The molecule has 1 aromatic heterocycles. The first-order chi connectivity index (χ1) is 9.44. The number of thiophene rings is 1. The minimum Gasteiger partial charge on any atom is -0.383 e. The maximum Gasteiger partial charge on any atom is 0.309 e. The van der Waals surface area contributed by atoms with Gasteiger partial charge in [-0.3, -0.25) is 9.59 Å². The lowest BCUT2D eigenvalue weighted by molar-refractivity contribution is -0.139. The summed E-state index contributed by atoms with van der Waals surface area (Å²) in [6, 6.07) is 9.70. The molecule has 5 nitrogen and oxygen atoms in total. The Kier molecular flexibility index (Phi) is 4.06. The molecule has 1 heterocycles. The first-order valence-electron chi connectivity index (χ1n) is 6.15. The maximum absolute atomic E-state index is 11.4. The van der Waals surface area contributed by atoms with E-state index in [-0.39, 0.29) is 6.54 Å². The third-order valence-electron chi connectivity index (χ3n) is 2.98. The van der Waals surface area contributed by atoms with Crippen molar-refractivity contribution in [2.75, 3.05) is 13.6 Å². The van der Waals surface area contributed by atoms with Crippen molar-refractivity contribution in [1.82, 2.24) is 10.6 Å². The van der Waals surface area contributed by atoms with Gasteiger partial charge in [0.05, 0.1) is 6.54 Å². The second-order valence-electron chi connectivity index (χ2n) is 4.68. The van der Waals surface area contributed by atoms with Gasteiger partial charge in [0.1, 0.15) is 5.60 Å². The number of carbonyl (C=O) groups excluding carboxylic acids is 2. The maximum atomic E-state index is 11.4. The lowest BCUT2D eigenvalue weighted by atomic mass is 10.0. The first kappa shape index (κ1) is 14.5. The molecule has 0 saturated heterocycles. The van der Waals surface area contributed by atoms with E-state index < -0.39 is 17.4 Å². The average Bonchev–Trinajstić information content (AvgIpc) is 2.88. The standard InChI is InChI=1S/C14H16N2O3S/c1-14(19,8-16-13(18)12(17)15-2)11-7-9-5-3-4-6-10(9)20-11/h3-7,19H,8H2,1-2H3,(H,15,17)(H,16,18)/t14-/m1/s1. The van der Waals surface area contributed by atoms with E-state index >= 15 is 0 Å². The predicted molar refractivity (Wildman–Crippen MR) is 78.5 cm³/mol. The third-order valence-corrected chi connectivity index (χ3v) is 4.35. The van der Waals surface area contributed by atoms with Crippen molar-refractivity contribution in [2.45, 2.75) is 12.5 Å². The highest BCUT2D eigenvalue weighted by Gasteiger charge is 2.27. The largest absolute Gasteiger partial charge is 0.383 e. The number of hydrogen-bond acceptors (Lipinski definition) is 4. The van der Waals surface area contributed by atoms with Crippen molar-refractivity contribution in [3.8, 4) is 0 Å². The Morgan fingerprint density at radius 3 is 2.65 bits per heavy atom. The third kappa shape index (κ3) is 2.97. The van der Waals surface area contributed by atoms with E-state index in [0.717, 1.165) is 15.0 Å². The van der Waals surface area contributed by atoms with Crippen molar-refractivity contribution in [2.24, 2.45) is 0 Å². The van der Waals surface area contributed by atoms with Crippen LogP contribution in [0.4, 0.5) is 0 Å². The minimum atomic E-state index is -1.21. The van der Waals surface area contributed by atoms with Crippen LogP contribution in [-0.4, -0.2) is 30.5 Å². The number of aliphatic hydroxyl groups is 1. The zero-order valence-corrected chi connectivity index (χ0v) is 12.1. The molecule has 0 saturated carbocycles. The zero-order valence-electron chi connectivity index (χ0n) is 11.3. The Balaban J connectivity index is 2.13. The lowest BCUT2D eigenvalue weighted by Gasteiger charge is -2.21. The molecule has 2 rings (SSSR count). The highest BCUT2D eigenvalue weighted by molar-refractivity contribution is 7.19. The molecule has 6 heteroatoms. The monoisotopic (exact) mass is 292 g/mol. The molecule has 0 aliphatic rings. The Morgan fingerprint density at radius 2 is 2.00 bits per heavy atom. The van der Waals surface area contributed by atoms with Gasteiger partial charge in [-0.1, -0.05) is 18.2 Å². The molecule has 1 atom stereocenters. The van der Waals surface area contributed by atoms with Gasteiger partial charge in [-0.15, -0.1) is 11.3 Å². The van der Waals surface area contributed by atoms with E-state index in [2.05, 4.69) is 10.6 Å². The van der Waals surface area contributed by atoms with Crippen LogP contribution in [-0.2, 0) is 15.2 Å². The van der Waals surface area contributed by atoms with Crippen LogP contribution >= 0.6 is 11.3 Å². The molecule has 0 aliphatic heterocycles. The van der Waals surface area contributed by atoms with Crippen LogP contribution in [0.3, 0.4) is 0 Å². The van der Waals surface area contributed by atoms with Crippen molar-refractivity contribution in [1.29, 1.82) is 0 Å². The van der Waals surface area contributed by atoms with Gasteiger partial charge in [-0.05, 0) is 24.4 Å². The number of benzene rings is 1. The van der Waals surface area contributed by atoms with Crippen molar-refractivity contribution in [3.05, 3.63) is 35.2 Å². The SMILES string of the molecule is CNC(=O)C(=O)NC[C@@](C)(O)c1cc2ccccc2s1. The number of rotatable bonds is 3. The van der Waals surface area contributed by atoms with E-state index in [9.17, 15) is 14.7 Å². The Hall–Kier alpha value is -1.92. The molecule has 2 aromatic rings. The summed E-state index contributed by atoms with van der Waals surface area (Å²) in [6.07, 6.45) is 0. The Labute approximate surface area is 120 Å². The topological polar surface area (TPSA) is 78.4 Å². The van der Waals surface area contributed by atoms with E-state index in [0.29, 0.717) is 0 Å². The first-order valence-corrected chi connectivity index (χ1v) is 6.97. The molecular weight excluding hydrogens is 276 g/mol. The summed E-state index contributed by atoms with van der Waals surface area (Å²) in [4.78, 5) is 23.2. The van der Waals surface area contributed by atoms with Crippen molar-refractivity contribution < 1.29 is 14.7 Å². The fraction of sp³-hybridized carbons (Fsp3) is 0.286. The van der Waals surface area contributed by atoms with Crippen LogP contribution in [0.5, 0.6) is 0 Å². The van der Waals surface area contributed by atoms with Crippen LogP contribution < -0.4 is 10.6 Å². The Morgan fingerprint density at radius 1 is 1.30 bits per heavy atom. The molecule has 3 N–H and O–H groups in total. The van der Waals surface area contributed by atoms with Gasteiger partial charge < -0.3 is 15.7 Å². The summed E-state index contributed by atoms with van der Waals surface area (Å²) < 4.78 is 1.07. The summed E-state index contributed by atoms with van der Waals surface area (Å²) in [7, 11) is 1.38. The second kappa shape index (κ2) is 5.60. The van der Waals surface area contributed by atoms with Gasteiger partial charge in [-0.25, -0.2) is 0 Å². The zero-order chi connectivity index (χ0) is 14.8. The quantitative estimate of drug-likeness (QED) is 0.738. The molecule has 0 unspecified atom stereocenters. The van der Waals surface area contributed by atoms with Crippen LogP contribution in [0.15, 0.2) is 30.3 Å². The van der Waals surface area contributed by atoms with Gasteiger partial charge >= 0.3 is 11.8 Å². The summed E-state index contributed by atoms with van der Waals surface area (Å²) in [5.74, 6) is -1.48. The fourth-order valence-corrected chi connectivity index (χ4v) is 2.89. The number of likely N-dealkylation sites (N-methyl/N-ethyl adjacent to an activating group) is 1. The van der Waals surface area contributed by atoms with Gasteiger partial charge in [0.15, 0.2) is 0 Å². The second-order valence-corrected chi connectivity index (χ2v) is 5.77. The van der Waals surface area contributed by atoms with Crippen molar-refractivity contribution in [3.63, 3.8) is 0 Å². The van der Waals surface area contributed by atoms with Crippen LogP contribution in [0, 0.1) is 0 Å². The molecule has 0 bridgehead atoms. The van der Waals surface area contributed by atoms with E-state index in [1.165, 1.54) is 18.4 Å². The summed E-state index contributed by atoms with van der Waals surface area (Å²) in [6.45, 7) is 1.59. The molecule has 1 aromatic carbocycles. The predicted octanol–water partition coefficient (Wildman–Crippen LogP) is 0.971. The smallest absolute Gasteiger partial charge is 0.309 e. The summed E-state index contributed by atoms with van der Waals surface area (Å²) in [5, 5.41) is 16.2. The van der Waals surface area contributed by atoms with Gasteiger partial charge in [0.25, 0.3) is 0 Å². The van der Waals surface area contributed by atoms with Crippen molar-refractivity contribution >= 4 is 33.2 Å². The van der Waals surface area contributed by atoms with Crippen LogP contribution in [0.2, 0.25) is 0 Å². The molecule has 20 heavy (non-hydrogen) atoms. The number of amides is 2. The summed E-state index contributed by atoms with van der Waals surface area (Å²) >= 11 is 1.47. The minimum absolute atomic E-state index is 0.0218. The molecule has 2 amide bonds. The normalized spacial score (nSPS) is 13.8. The van der Waals surface area contributed by atoms with Crippen LogP contribution in [0.25, 0.3) is 10.1 Å². The molecule has 0 aliphatic carbocycles. The fourth-order valence-electron chi connectivity index (χ4n) is 1.78. The van der Waals surface area contributed by atoms with E-state index in [1.807, 2.05) is 30.3 Å². The average molecular weight is 292 g/mol. The lowest BCUT2D eigenvalue weighted by Crippen LogP contribution is -2.44. The molecule has 0 fully saturated rings. The number of hydrogen-bond donors (Lipinski definition) is 3. The molecular formula is C14H16N2O3S. The highest BCUT2D eigenvalue weighted by atomic mass is 32.1.